The van der Waals surface area contributed by atoms with E-state index in [0.717, 1.165) is 69.6 Å². The van der Waals surface area contributed by atoms with Gasteiger partial charge in [0.05, 0.1) is 0 Å². The van der Waals surface area contributed by atoms with Gasteiger partial charge in [-0.1, -0.05) is 324 Å². The largest absolute Gasteiger partial charge is 0.462 e. The highest BCUT2D eigenvalue weighted by atomic mass is 16.6. The summed E-state index contributed by atoms with van der Waals surface area (Å²) in [7, 11) is 0. The van der Waals surface area contributed by atoms with Crippen molar-refractivity contribution in [1.82, 2.24) is 0 Å². The molecule has 70 heavy (non-hydrogen) atoms. The molecule has 1 unspecified atom stereocenters. The number of hydrogen-bond acceptors (Lipinski definition) is 6. The lowest BCUT2D eigenvalue weighted by Gasteiger charge is -2.18. The summed E-state index contributed by atoms with van der Waals surface area (Å²) < 4.78 is 17.0. The molecule has 0 aromatic heterocycles. The molecule has 6 heteroatoms. The predicted molar refractivity (Wildman–Crippen MR) is 303 cm³/mol. The van der Waals surface area contributed by atoms with Crippen LogP contribution >= 0.6 is 0 Å². The summed E-state index contributed by atoms with van der Waals surface area (Å²) in [5.41, 5.74) is 0. The molecule has 0 saturated carbocycles. The van der Waals surface area contributed by atoms with E-state index in [1.54, 1.807) is 0 Å². The number of carbonyl (C=O) groups is 3. The quantitative estimate of drug-likeness (QED) is 0.0343. The number of hydrogen-bond donors (Lipinski definition) is 0. The van der Waals surface area contributed by atoms with E-state index in [1.807, 2.05) is 0 Å². The SMILES string of the molecule is CCCCCCCCCCCCCCCCCCCC(=O)O[C@@H](COC(=O)CCCCCCCCCCCCCCCCCCCCC(C)C)COC(=O)CCCCCCCCCCCCC(C)CC. The molecule has 0 aliphatic rings. The van der Waals surface area contributed by atoms with Crippen molar-refractivity contribution in [3.05, 3.63) is 0 Å². The second-order valence-corrected chi connectivity index (χ2v) is 22.8. The molecule has 0 rings (SSSR count). The van der Waals surface area contributed by atoms with E-state index in [0.29, 0.717) is 19.3 Å². The van der Waals surface area contributed by atoms with Crippen molar-refractivity contribution in [2.75, 3.05) is 13.2 Å². The Hall–Kier alpha value is -1.59. The maximum atomic E-state index is 12.9. The highest BCUT2D eigenvalue weighted by Crippen LogP contribution is 2.19. The molecule has 416 valence electrons. The van der Waals surface area contributed by atoms with Gasteiger partial charge < -0.3 is 14.2 Å². The molecule has 0 radical (unpaired) electrons. The zero-order valence-corrected chi connectivity index (χ0v) is 48.2. The second-order valence-electron chi connectivity index (χ2n) is 22.8. The molecule has 0 aliphatic carbocycles. The van der Waals surface area contributed by atoms with Crippen molar-refractivity contribution in [1.29, 1.82) is 0 Å². The summed E-state index contributed by atoms with van der Waals surface area (Å²) in [6.07, 6.45) is 62.4. The smallest absolute Gasteiger partial charge is 0.306 e. The van der Waals surface area contributed by atoms with E-state index < -0.39 is 6.10 Å². The lowest BCUT2D eigenvalue weighted by atomic mass is 9.99. The van der Waals surface area contributed by atoms with Crippen molar-refractivity contribution >= 4 is 17.9 Å². The van der Waals surface area contributed by atoms with Crippen LogP contribution in [0.15, 0.2) is 0 Å². The van der Waals surface area contributed by atoms with Gasteiger partial charge in [0, 0.05) is 19.3 Å². The summed E-state index contributed by atoms with van der Waals surface area (Å²) in [6, 6.07) is 0. The van der Waals surface area contributed by atoms with E-state index in [1.165, 1.54) is 250 Å². The van der Waals surface area contributed by atoms with Crippen molar-refractivity contribution in [3.63, 3.8) is 0 Å². The van der Waals surface area contributed by atoms with E-state index in [4.69, 9.17) is 14.2 Å². The van der Waals surface area contributed by atoms with Crippen molar-refractivity contribution in [3.8, 4) is 0 Å². The van der Waals surface area contributed by atoms with Crippen LogP contribution in [-0.2, 0) is 28.6 Å². The topological polar surface area (TPSA) is 78.9 Å². The average molecular weight is 990 g/mol. The molecule has 0 N–H and O–H groups in total. The molecular formula is C64H124O6. The van der Waals surface area contributed by atoms with Crippen LogP contribution in [0.4, 0.5) is 0 Å². The van der Waals surface area contributed by atoms with Crippen molar-refractivity contribution < 1.29 is 28.6 Å². The van der Waals surface area contributed by atoms with Gasteiger partial charge in [-0.3, -0.25) is 14.4 Å². The minimum Gasteiger partial charge on any atom is -0.462 e. The molecule has 0 heterocycles. The lowest BCUT2D eigenvalue weighted by molar-refractivity contribution is -0.167. The maximum absolute atomic E-state index is 12.9. The molecule has 2 atom stereocenters. The van der Waals surface area contributed by atoms with Crippen molar-refractivity contribution in [2.24, 2.45) is 11.8 Å². The standard InChI is InChI=1S/C64H124O6/c1-6-8-9-10-11-12-13-14-15-18-23-26-29-36-41-46-51-56-64(67)70-61(58-69-63(66)55-50-45-40-35-31-30-33-38-43-48-53-60(5)7-2)57-68-62(65)54-49-44-39-34-28-25-22-20-17-16-19-21-24-27-32-37-42-47-52-59(3)4/h59-61H,6-58H2,1-5H3/t60?,61-/m0/s1. The highest BCUT2D eigenvalue weighted by Gasteiger charge is 2.19. The monoisotopic (exact) mass is 989 g/mol. The van der Waals surface area contributed by atoms with E-state index in [-0.39, 0.29) is 31.1 Å². The van der Waals surface area contributed by atoms with Crippen LogP contribution in [0.2, 0.25) is 0 Å². The van der Waals surface area contributed by atoms with Gasteiger partial charge in [-0.15, -0.1) is 0 Å². The molecule has 0 spiro atoms. The first-order valence-electron chi connectivity index (χ1n) is 31.8. The van der Waals surface area contributed by atoms with Gasteiger partial charge in [0.25, 0.3) is 0 Å². The Balaban J connectivity index is 4.26. The fourth-order valence-electron chi connectivity index (χ4n) is 9.90. The Morgan fingerprint density at radius 1 is 0.300 bits per heavy atom. The lowest BCUT2D eigenvalue weighted by Crippen LogP contribution is -2.30. The Bertz CT molecular complexity index is 1070. The third kappa shape index (κ3) is 55.7. The average Bonchev–Trinajstić information content (AvgIpc) is 3.35. The molecule has 0 aromatic carbocycles. The van der Waals surface area contributed by atoms with Crippen LogP contribution in [-0.4, -0.2) is 37.2 Å². The van der Waals surface area contributed by atoms with Crippen LogP contribution in [0, 0.1) is 11.8 Å². The van der Waals surface area contributed by atoms with E-state index in [2.05, 4.69) is 34.6 Å². The second kappa shape index (κ2) is 56.7. The molecule has 0 bridgehead atoms. The van der Waals surface area contributed by atoms with Crippen molar-refractivity contribution in [2.45, 2.75) is 368 Å². The zero-order chi connectivity index (χ0) is 51.1. The normalized spacial score (nSPS) is 12.4. The number of rotatable bonds is 58. The van der Waals surface area contributed by atoms with E-state index in [9.17, 15) is 14.4 Å². The van der Waals surface area contributed by atoms with Crippen LogP contribution in [0.3, 0.4) is 0 Å². The fraction of sp³-hybridized carbons (Fsp3) is 0.953. The van der Waals surface area contributed by atoms with Gasteiger partial charge in [-0.25, -0.2) is 0 Å². The minimum absolute atomic E-state index is 0.0621. The molecule has 0 aliphatic heterocycles. The maximum Gasteiger partial charge on any atom is 0.306 e. The molecule has 6 nitrogen and oxygen atoms in total. The van der Waals surface area contributed by atoms with Gasteiger partial charge >= 0.3 is 17.9 Å². The molecule has 0 saturated heterocycles. The first-order valence-corrected chi connectivity index (χ1v) is 31.8. The van der Waals surface area contributed by atoms with Crippen LogP contribution < -0.4 is 0 Å². The van der Waals surface area contributed by atoms with Gasteiger partial charge in [-0.2, -0.15) is 0 Å². The Kier molecular flexibility index (Phi) is 55.4. The summed E-state index contributed by atoms with van der Waals surface area (Å²) in [5.74, 6) is 0.896. The zero-order valence-electron chi connectivity index (χ0n) is 48.2. The Morgan fingerprint density at radius 2 is 0.543 bits per heavy atom. The first kappa shape index (κ1) is 68.4. The van der Waals surface area contributed by atoms with Gasteiger partial charge in [0.1, 0.15) is 13.2 Å². The molecule has 0 amide bonds. The Labute approximate surface area is 438 Å². The summed E-state index contributed by atoms with van der Waals surface area (Å²) in [4.78, 5) is 38.3. The number of ether oxygens (including phenoxy) is 3. The van der Waals surface area contributed by atoms with Gasteiger partial charge in [0.15, 0.2) is 6.10 Å². The van der Waals surface area contributed by atoms with Gasteiger partial charge in [0.2, 0.25) is 0 Å². The molecule has 0 aromatic rings. The minimum atomic E-state index is -0.764. The molecule has 0 fully saturated rings. The van der Waals surface area contributed by atoms with Crippen LogP contribution in [0.1, 0.15) is 362 Å². The number of esters is 3. The van der Waals surface area contributed by atoms with E-state index >= 15 is 0 Å². The predicted octanol–water partition coefficient (Wildman–Crippen LogP) is 21.2. The third-order valence-electron chi connectivity index (χ3n) is 15.1. The highest BCUT2D eigenvalue weighted by molar-refractivity contribution is 5.71. The van der Waals surface area contributed by atoms with Crippen LogP contribution in [0.5, 0.6) is 0 Å². The number of carbonyl (C=O) groups excluding carboxylic acids is 3. The summed E-state index contributed by atoms with van der Waals surface area (Å²) in [6.45, 7) is 11.5. The summed E-state index contributed by atoms with van der Waals surface area (Å²) >= 11 is 0. The van der Waals surface area contributed by atoms with Gasteiger partial charge in [-0.05, 0) is 31.1 Å². The van der Waals surface area contributed by atoms with Crippen LogP contribution in [0.25, 0.3) is 0 Å². The first-order chi connectivity index (χ1) is 34.3. The fourth-order valence-corrected chi connectivity index (χ4v) is 9.90. The Morgan fingerprint density at radius 3 is 0.814 bits per heavy atom. The molecular weight excluding hydrogens is 865 g/mol. The number of unbranched alkanes of at least 4 members (excludes halogenated alkanes) is 42. The third-order valence-corrected chi connectivity index (χ3v) is 15.1. The summed E-state index contributed by atoms with van der Waals surface area (Å²) in [5, 5.41) is 0.